The second-order valence-corrected chi connectivity index (χ2v) is 8.90. The average Bonchev–Trinajstić information content (AvgIpc) is 2.61. The van der Waals surface area contributed by atoms with Crippen molar-refractivity contribution in [3.05, 3.63) is 48.0 Å². The van der Waals surface area contributed by atoms with Crippen LogP contribution in [0, 0.1) is 5.41 Å². The Morgan fingerprint density at radius 3 is 2.52 bits per heavy atom. The second-order valence-electron chi connectivity index (χ2n) is 8.90. The van der Waals surface area contributed by atoms with Gasteiger partial charge in [-0.15, -0.1) is 0 Å². The lowest BCUT2D eigenvalue weighted by atomic mass is 9.57. The largest absolute Gasteiger partial charge is 0.459 e. The Bertz CT molecular complexity index is 757. The van der Waals surface area contributed by atoms with E-state index in [-0.39, 0.29) is 11.4 Å². The molecular weight excluding hydrogens is 344 g/mol. The van der Waals surface area contributed by atoms with Crippen LogP contribution in [-0.2, 0) is 19.2 Å². The van der Waals surface area contributed by atoms with Crippen molar-refractivity contribution in [1.29, 1.82) is 0 Å². The molecule has 4 atom stereocenters. The zero-order chi connectivity index (χ0) is 19.3. The summed E-state index contributed by atoms with van der Waals surface area (Å²) >= 11 is 0. The number of carbonyl (C=O) groups is 1. The Morgan fingerprint density at radius 1 is 1.11 bits per heavy atom. The van der Waals surface area contributed by atoms with Gasteiger partial charge in [-0.2, -0.15) is 4.89 Å². The number of ether oxygens (including phenoxy) is 2. The fourth-order valence-corrected chi connectivity index (χ4v) is 4.96. The molecular formula is C22H28O5. The molecule has 1 aromatic rings. The fourth-order valence-electron chi connectivity index (χ4n) is 4.96. The van der Waals surface area contributed by atoms with E-state index in [0.29, 0.717) is 12.0 Å². The first-order valence-electron chi connectivity index (χ1n) is 9.74. The van der Waals surface area contributed by atoms with Crippen LogP contribution in [0.5, 0.6) is 0 Å². The van der Waals surface area contributed by atoms with Crippen molar-refractivity contribution >= 4 is 5.97 Å². The minimum atomic E-state index is -1.03. The van der Waals surface area contributed by atoms with E-state index in [1.165, 1.54) is 0 Å². The van der Waals surface area contributed by atoms with Gasteiger partial charge >= 0.3 is 5.97 Å². The summed E-state index contributed by atoms with van der Waals surface area (Å²) in [6.45, 7) is 8.35. The monoisotopic (exact) mass is 372 g/mol. The highest BCUT2D eigenvalue weighted by Gasteiger charge is 2.69. The van der Waals surface area contributed by atoms with Gasteiger partial charge in [0.15, 0.2) is 5.60 Å². The molecule has 0 aromatic heterocycles. The van der Waals surface area contributed by atoms with Gasteiger partial charge in [-0.1, -0.05) is 32.0 Å². The molecule has 1 aromatic carbocycles. The molecule has 0 radical (unpaired) electrons. The van der Waals surface area contributed by atoms with Crippen LogP contribution in [0.3, 0.4) is 0 Å². The van der Waals surface area contributed by atoms with Gasteiger partial charge < -0.3 is 9.47 Å². The van der Waals surface area contributed by atoms with Crippen molar-refractivity contribution in [2.24, 2.45) is 5.41 Å². The second kappa shape index (κ2) is 6.16. The lowest BCUT2D eigenvalue weighted by molar-refractivity contribution is -0.554. The molecule has 1 aliphatic carbocycles. The quantitative estimate of drug-likeness (QED) is 0.440. The van der Waals surface area contributed by atoms with E-state index >= 15 is 0 Å². The third-order valence-electron chi connectivity index (χ3n) is 6.42. The Labute approximate surface area is 160 Å². The number of esters is 1. The van der Waals surface area contributed by atoms with Gasteiger partial charge in [0.1, 0.15) is 11.7 Å². The number of benzene rings is 1. The average molecular weight is 372 g/mol. The molecule has 1 saturated carbocycles. The first-order chi connectivity index (χ1) is 12.7. The third kappa shape index (κ3) is 2.84. The molecule has 1 spiro atoms. The van der Waals surface area contributed by atoms with E-state index in [1.54, 1.807) is 12.1 Å². The topological polar surface area (TPSA) is 54.0 Å². The SMILES string of the molecule is CC(C[C@@]12C=C[C@]3(OO1)C(C)(C)CCC[C@@]3(C)O2)OC(=O)c1ccccc1. The van der Waals surface area contributed by atoms with Crippen LogP contribution < -0.4 is 0 Å². The molecule has 2 bridgehead atoms. The fraction of sp³-hybridized carbons (Fsp3) is 0.591. The highest BCUT2D eigenvalue weighted by atomic mass is 17.3. The predicted octanol–water partition coefficient (Wildman–Crippen LogP) is 4.57. The van der Waals surface area contributed by atoms with Crippen molar-refractivity contribution in [2.75, 3.05) is 0 Å². The van der Waals surface area contributed by atoms with Gasteiger partial charge in [-0.3, -0.25) is 0 Å². The lowest BCUT2D eigenvalue weighted by Gasteiger charge is -2.64. The number of carbonyl (C=O) groups excluding carboxylic acids is 1. The molecule has 27 heavy (non-hydrogen) atoms. The van der Waals surface area contributed by atoms with Crippen LogP contribution in [0.1, 0.15) is 63.7 Å². The van der Waals surface area contributed by atoms with Crippen molar-refractivity contribution in [1.82, 2.24) is 0 Å². The maximum Gasteiger partial charge on any atom is 0.338 e. The molecule has 5 rings (SSSR count). The first-order valence-corrected chi connectivity index (χ1v) is 9.74. The minimum absolute atomic E-state index is 0.0888. The standard InChI is InChI=1S/C22H28O5/c1-16(24-18(23)17-9-6-5-7-10-17)15-21-13-14-22(27-26-21)19(2,3)11-8-12-20(22,4)25-21/h5-7,9-10,13-14,16H,8,11-12,15H2,1-4H3/t16?,20-,21-,22+/m1/s1. The predicted molar refractivity (Wildman–Crippen MR) is 99.8 cm³/mol. The molecule has 3 heterocycles. The first kappa shape index (κ1) is 18.7. The normalized spacial score (nSPS) is 37.5. The zero-order valence-corrected chi connectivity index (χ0v) is 16.5. The molecule has 0 N–H and O–H groups in total. The summed E-state index contributed by atoms with van der Waals surface area (Å²) in [6, 6.07) is 8.98. The molecule has 4 aliphatic rings. The Balaban J connectivity index is 1.51. The van der Waals surface area contributed by atoms with Crippen molar-refractivity contribution < 1.29 is 24.0 Å². The van der Waals surface area contributed by atoms with Crippen LogP contribution in [0.2, 0.25) is 0 Å². The molecule has 3 aliphatic heterocycles. The summed E-state index contributed by atoms with van der Waals surface area (Å²) in [5.74, 6) is -1.38. The summed E-state index contributed by atoms with van der Waals surface area (Å²) in [7, 11) is 0. The van der Waals surface area contributed by atoms with Crippen molar-refractivity contribution in [3.8, 4) is 0 Å². The zero-order valence-electron chi connectivity index (χ0n) is 16.5. The summed E-state index contributed by atoms with van der Waals surface area (Å²) < 4.78 is 12.1. The van der Waals surface area contributed by atoms with Gasteiger partial charge in [-0.25, -0.2) is 9.68 Å². The number of hydrogen-bond donors (Lipinski definition) is 0. The van der Waals surface area contributed by atoms with Crippen molar-refractivity contribution in [3.63, 3.8) is 0 Å². The van der Waals surface area contributed by atoms with Gasteiger partial charge in [0.25, 0.3) is 0 Å². The Hall–Kier alpha value is -1.69. The number of hydrogen-bond acceptors (Lipinski definition) is 5. The highest BCUT2D eigenvalue weighted by molar-refractivity contribution is 5.89. The van der Waals surface area contributed by atoms with Crippen LogP contribution >= 0.6 is 0 Å². The van der Waals surface area contributed by atoms with E-state index in [1.807, 2.05) is 31.2 Å². The summed E-state index contributed by atoms with van der Waals surface area (Å²) in [5, 5.41) is 0. The van der Waals surface area contributed by atoms with Crippen molar-refractivity contribution in [2.45, 2.75) is 76.5 Å². The molecule has 5 nitrogen and oxygen atoms in total. The van der Waals surface area contributed by atoms with E-state index in [4.69, 9.17) is 19.2 Å². The van der Waals surface area contributed by atoms with Gasteiger partial charge in [0.2, 0.25) is 5.79 Å². The van der Waals surface area contributed by atoms with E-state index < -0.39 is 23.1 Å². The smallest absolute Gasteiger partial charge is 0.338 e. The van der Waals surface area contributed by atoms with Gasteiger partial charge in [-0.05, 0) is 57.4 Å². The van der Waals surface area contributed by atoms with Crippen LogP contribution in [-0.4, -0.2) is 29.1 Å². The molecule has 1 unspecified atom stereocenters. The van der Waals surface area contributed by atoms with E-state index in [2.05, 4.69) is 26.8 Å². The Morgan fingerprint density at radius 2 is 1.85 bits per heavy atom. The Kier molecular flexibility index (Phi) is 4.26. The molecule has 146 valence electrons. The van der Waals surface area contributed by atoms with Crippen LogP contribution in [0.4, 0.5) is 0 Å². The molecule has 2 fully saturated rings. The molecule has 5 heteroatoms. The summed E-state index contributed by atoms with van der Waals surface area (Å²) in [5.41, 5.74) is -0.619. The van der Waals surface area contributed by atoms with E-state index in [0.717, 1.165) is 19.3 Å². The maximum absolute atomic E-state index is 12.3. The van der Waals surface area contributed by atoms with Crippen LogP contribution in [0.25, 0.3) is 0 Å². The number of rotatable bonds is 4. The summed E-state index contributed by atoms with van der Waals surface area (Å²) in [6.07, 6.45) is 7.08. The third-order valence-corrected chi connectivity index (χ3v) is 6.42. The number of fused-ring (bicyclic) bond motifs is 1. The van der Waals surface area contributed by atoms with Gasteiger partial charge in [0, 0.05) is 11.8 Å². The molecule has 1 saturated heterocycles. The van der Waals surface area contributed by atoms with E-state index in [9.17, 15) is 4.79 Å². The highest BCUT2D eigenvalue weighted by Crippen LogP contribution is 2.61. The molecule has 0 amide bonds. The minimum Gasteiger partial charge on any atom is -0.459 e. The lowest BCUT2D eigenvalue weighted by Crippen LogP contribution is -2.73. The summed E-state index contributed by atoms with van der Waals surface area (Å²) in [4.78, 5) is 24.1. The van der Waals surface area contributed by atoms with Gasteiger partial charge in [0.05, 0.1) is 5.56 Å². The van der Waals surface area contributed by atoms with Crippen LogP contribution in [0.15, 0.2) is 42.5 Å². The maximum atomic E-state index is 12.3.